The van der Waals surface area contributed by atoms with E-state index in [0.29, 0.717) is 0 Å². The van der Waals surface area contributed by atoms with Crippen LogP contribution in [-0.2, 0) is 13.1 Å². The van der Waals surface area contributed by atoms with E-state index in [1.165, 1.54) is 14.7 Å². The Balaban J connectivity index is 1.62. The van der Waals surface area contributed by atoms with Gasteiger partial charge in [0.05, 0.1) is 12.7 Å². The Labute approximate surface area is 138 Å². The van der Waals surface area contributed by atoms with Gasteiger partial charge < -0.3 is 5.32 Å². The normalized spacial score (nSPS) is 10.5. The lowest BCUT2D eigenvalue weighted by molar-refractivity contribution is 0.686. The first kappa shape index (κ1) is 14.1. The van der Waals surface area contributed by atoms with Gasteiger partial charge in [-0.15, -0.1) is 0 Å². The minimum absolute atomic E-state index is 0.787. The molecule has 0 bridgehead atoms. The molecule has 2 aromatic carbocycles. The standard InChI is InChI=1S/C17H16IN3/c18-16-8-4-5-9-17(16)19-10-15-11-20-21(13-15)12-14-6-2-1-3-7-14/h1-9,11,13,19H,10,12H2. The third-order valence-electron chi connectivity index (χ3n) is 3.23. The van der Waals surface area contributed by atoms with Crippen LogP contribution in [-0.4, -0.2) is 9.78 Å². The minimum atomic E-state index is 0.787. The van der Waals surface area contributed by atoms with E-state index in [9.17, 15) is 0 Å². The summed E-state index contributed by atoms with van der Waals surface area (Å²) in [6.45, 7) is 1.60. The number of nitrogens with one attached hydrogen (secondary N) is 1. The maximum Gasteiger partial charge on any atom is 0.0659 e. The molecule has 1 N–H and O–H groups in total. The molecule has 0 fully saturated rings. The van der Waals surface area contributed by atoms with Gasteiger partial charge in [-0.25, -0.2) is 0 Å². The van der Waals surface area contributed by atoms with E-state index in [1.54, 1.807) is 0 Å². The molecule has 4 heteroatoms. The summed E-state index contributed by atoms with van der Waals surface area (Å²) in [4.78, 5) is 0. The van der Waals surface area contributed by atoms with Gasteiger partial charge >= 0.3 is 0 Å². The van der Waals surface area contributed by atoms with Gasteiger partial charge in [-0.3, -0.25) is 4.68 Å². The average Bonchev–Trinajstić information content (AvgIpc) is 2.95. The Hall–Kier alpha value is -1.82. The van der Waals surface area contributed by atoms with Gasteiger partial charge in [0.15, 0.2) is 0 Å². The molecular weight excluding hydrogens is 373 g/mol. The average molecular weight is 389 g/mol. The van der Waals surface area contributed by atoms with Gasteiger partial charge in [-0.05, 0) is 40.3 Å². The van der Waals surface area contributed by atoms with Crippen LogP contribution < -0.4 is 5.32 Å². The second-order valence-corrected chi connectivity index (χ2v) is 6.03. The van der Waals surface area contributed by atoms with Crippen molar-refractivity contribution in [1.82, 2.24) is 9.78 Å². The smallest absolute Gasteiger partial charge is 0.0659 e. The summed E-state index contributed by atoms with van der Waals surface area (Å²) in [5.41, 5.74) is 3.61. The molecule has 0 saturated heterocycles. The molecule has 0 aliphatic rings. The van der Waals surface area contributed by atoms with Crippen molar-refractivity contribution in [3.63, 3.8) is 0 Å². The van der Waals surface area contributed by atoms with Crippen LogP contribution in [0.15, 0.2) is 67.0 Å². The van der Waals surface area contributed by atoms with Crippen LogP contribution >= 0.6 is 22.6 Å². The lowest BCUT2D eigenvalue weighted by atomic mass is 10.2. The zero-order chi connectivity index (χ0) is 14.5. The van der Waals surface area contributed by atoms with Crippen LogP contribution in [0.4, 0.5) is 5.69 Å². The topological polar surface area (TPSA) is 29.9 Å². The fourth-order valence-electron chi connectivity index (χ4n) is 2.16. The van der Waals surface area contributed by atoms with Gasteiger partial charge in [0.1, 0.15) is 0 Å². The van der Waals surface area contributed by atoms with Crippen LogP contribution in [0.1, 0.15) is 11.1 Å². The third kappa shape index (κ3) is 3.85. The molecule has 0 radical (unpaired) electrons. The molecular formula is C17H16IN3. The summed E-state index contributed by atoms with van der Waals surface area (Å²) in [7, 11) is 0. The Bertz CT molecular complexity index is 707. The molecule has 21 heavy (non-hydrogen) atoms. The second kappa shape index (κ2) is 6.76. The largest absolute Gasteiger partial charge is 0.380 e. The SMILES string of the molecule is Ic1ccccc1NCc1cnn(Cc2ccccc2)c1. The quantitative estimate of drug-likeness (QED) is 0.665. The van der Waals surface area contributed by atoms with Crippen molar-refractivity contribution in [3.05, 3.63) is 81.7 Å². The zero-order valence-electron chi connectivity index (χ0n) is 11.5. The van der Waals surface area contributed by atoms with Gasteiger partial charge in [0.25, 0.3) is 0 Å². The van der Waals surface area contributed by atoms with Gasteiger partial charge in [0, 0.05) is 27.6 Å². The fourth-order valence-corrected chi connectivity index (χ4v) is 2.73. The number of aromatic nitrogens is 2. The van der Waals surface area contributed by atoms with Crippen molar-refractivity contribution < 1.29 is 0 Å². The molecule has 3 nitrogen and oxygen atoms in total. The third-order valence-corrected chi connectivity index (χ3v) is 4.17. The number of benzene rings is 2. The molecule has 1 aromatic heterocycles. The Morgan fingerprint density at radius 1 is 0.952 bits per heavy atom. The number of halogens is 1. The van der Waals surface area contributed by atoms with E-state index in [2.05, 4.69) is 75.6 Å². The number of anilines is 1. The summed E-state index contributed by atoms with van der Waals surface area (Å²) in [5, 5.41) is 7.87. The molecule has 0 aliphatic carbocycles. The number of para-hydroxylation sites is 1. The number of hydrogen-bond donors (Lipinski definition) is 1. The molecule has 0 unspecified atom stereocenters. The Morgan fingerprint density at radius 3 is 2.52 bits per heavy atom. The van der Waals surface area contributed by atoms with Crippen molar-refractivity contribution >= 4 is 28.3 Å². The molecule has 1 heterocycles. The Kier molecular flexibility index (Phi) is 4.55. The van der Waals surface area contributed by atoms with Gasteiger partial charge in [0.2, 0.25) is 0 Å². The van der Waals surface area contributed by atoms with Crippen LogP contribution in [0.3, 0.4) is 0 Å². The molecule has 0 atom stereocenters. The van der Waals surface area contributed by atoms with Crippen LogP contribution in [0.2, 0.25) is 0 Å². The highest BCUT2D eigenvalue weighted by Crippen LogP contribution is 2.17. The van der Waals surface area contributed by atoms with Crippen molar-refractivity contribution in [2.24, 2.45) is 0 Å². The Morgan fingerprint density at radius 2 is 1.71 bits per heavy atom. The van der Waals surface area contributed by atoms with E-state index < -0.39 is 0 Å². The molecule has 0 amide bonds. The first-order valence-corrected chi connectivity index (χ1v) is 7.93. The summed E-state index contributed by atoms with van der Waals surface area (Å²) in [6.07, 6.45) is 4.02. The summed E-state index contributed by atoms with van der Waals surface area (Å²) < 4.78 is 3.20. The zero-order valence-corrected chi connectivity index (χ0v) is 13.7. The molecule has 0 saturated carbocycles. The summed E-state index contributed by atoms with van der Waals surface area (Å²) >= 11 is 2.34. The maximum atomic E-state index is 4.42. The van der Waals surface area contributed by atoms with Crippen molar-refractivity contribution in [2.45, 2.75) is 13.1 Å². The molecule has 3 aromatic rings. The van der Waals surface area contributed by atoms with Crippen molar-refractivity contribution in [3.8, 4) is 0 Å². The van der Waals surface area contributed by atoms with E-state index in [1.807, 2.05) is 29.1 Å². The highest BCUT2D eigenvalue weighted by molar-refractivity contribution is 14.1. The maximum absolute atomic E-state index is 4.42. The molecule has 0 spiro atoms. The first-order valence-electron chi connectivity index (χ1n) is 6.85. The van der Waals surface area contributed by atoms with Gasteiger partial charge in [-0.2, -0.15) is 5.10 Å². The number of hydrogen-bond acceptors (Lipinski definition) is 2. The summed E-state index contributed by atoms with van der Waals surface area (Å²) in [5.74, 6) is 0. The van der Waals surface area contributed by atoms with Gasteiger partial charge in [-0.1, -0.05) is 42.5 Å². The lowest BCUT2D eigenvalue weighted by Crippen LogP contribution is -2.01. The fraction of sp³-hybridized carbons (Fsp3) is 0.118. The van der Waals surface area contributed by atoms with Crippen LogP contribution in [0, 0.1) is 3.57 Å². The van der Waals surface area contributed by atoms with Crippen LogP contribution in [0.25, 0.3) is 0 Å². The first-order chi connectivity index (χ1) is 10.3. The molecule has 0 aliphatic heterocycles. The minimum Gasteiger partial charge on any atom is -0.380 e. The van der Waals surface area contributed by atoms with E-state index in [0.717, 1.165) is 18.8 Å². The number of nitrogens with zero attached hydrogens (tertiary/aromatic N) is 2. The lowest BCUT2D eigenvalue weighted by Gasteiger charge is -2.06. The number of rotatable bonds is 5. The van der Waals surface area contributed by atoms with E-state index in [4.69, 9.17) is 0 Å². The van der Waals surface area contributed by atoms with E-state index >= 15 is 0 Å². The monoisotopic (exact) mass is 389 g/mol. The highest BCUT2D eigenvalue weighted by Gasteiger charge is 2.01. The van der Waals surface area contributed by atoms with E-state index in [-0.39, 0.29) is 0 Å². The molecule has 3 rings (SSSR count). The highest BCUT2D eigenvalue weighted by atomic mass is 127. The predicted molar refractivity (Wildman–Crippen MR) is 94.3 cm³/mol. The van der Waals surface area contributed by atoms with Crippen LogP contribution in [0.5, 0.6) is 0 Å². The van der Waals surface area contributed by atoms with Crippen molar-refractivity contribution in [2.75, 3.05) is 5.32 Å². The molecule has 106 valence electrons. The second-order valence-electron chi connectivity index (χ2n) is 4.87. The predicted octanol–water partition coefficient (Wildman–Crippen LogP) is 4.15. The summed E-state index contributed by atoms with van der Waals surface area (Å²) in [6, 6.07) is 18.7. The van der Waals surface area contributed by atoms with Crippen molar-refractivity contribution in [1.29, 1.82) is 0 Å².